The van der Waals surface area contributed by atoms with Crippen molar-refractivity contribution in [2.45, 2.75) is 13.1 Å². The number of hydrogen-bond acceptors (Lipinski definition) is 3. The van der Waals surface area contributed by atoms with E-state index in [0.717, 1.165) is 9.27 Å². The molecule has 0 spiro atoms. The molecule has 0 aromatic carbocycles. The van der Waals surface area contributed by atoms with Gasteiger partial charge in [0.05, 0.1) is 11.9 Å². The molecule has 0 aliphatic heterocycles. The minimum atomic E-state index is -2.65. The first-order valence-electron chi connectivity index (χ1n) is 5.53. The number of thiophene rings is 1. The number of pyridine rings is 1. The predicted molar refractivity (Wildman–Crippen MR) is 68.7 cm³/mol. The molecule has 98 valence electrons. The molecule has 3 rings (SSSR count). The van der Waals surface area contributed by atoms with Crippen LogP contribution in [-0.4, -0.2) is 14.1 Å². The minimum Gasteiger partial charge on any atom is -0.307 e. The molecule has 3 aromatic heterocycles. The van der Waals surface area contributed by atoms with E-state index in [1.807, 2.05) is 5.38 Å². The molecular formula is C12H9F2N3OS. The lowest BCUT2D eigenvalue weighted by Gasteiger charge is -2.08. The number of nitrogens with zero attached hydrogens (tertiary/aromatic N) is 3. The summed E-state index contributed by atoms with van der Waals surface area (Å²) in [5.74, 6) is 0.159. The van der Waals surface area contributed by atoms with Gasteiger partial charge in [0.15, 0.2) is 0 Å². The first kappa shape index (κ1) is 12.0. The fourth-order valence-corrected chi connectivity index (χ4v) is 2.70. The molecule has 0 aliphatic rings. The maximum atomic E-state index is 12.7. The van der Waals surface area contributed by atoms with E-state index in [9.17, 15) is 13.6 Å². The van der Waals surface area contributed by atoms with Gasteiger partial charge in [-0.1, -0.05) is 0 Å². The normalized spacial score (nSPS) is 11.5. The van der Waals surface area contributed by atoms with E-state index in [-0.39, 0.29) is 17.9 Å². The molecule has 19 heavy (non-hydrogen) atoms. The van der Waals surface area contributed by atoms with Crippen LogP contribution in [0.25, 0.3) is 10.1 Å². The number of halogens is 2. The maximum Gasteiger partial charge on any atom is 0.319 e. The third kappa shape index (κ3) is 2.06. The van der Waals surface area contributed by atoms with E-state index in [1.54, 1.807) is 18.3 Å². The summed E-state index contributed by atoms with van der Waals surface area (Å²) >= 11 is 1.47. The van der Waals surface area contributed by atoms with Gasteiger partial charge in [0, 0.05) is 23.3 Å². The molecule has 0 unspecified atom stereocenters. The second-order valence-electron chi connectivity index (χ2n) is 3.98. The fourth-order valence-electron chi connectivity index (χ4n) is 1.93. The van der Waals surface area contributed by atoms with Crippen molar-refractivity contribution in [2.24, 2.45) is 0 Å². The quantitative estimate of drug-likeness (QED) is 0.740. The molecule has 3 aromatic rings. The van der Waals surface area contributed by atoms with E-state index >= 15 is 0 Å². The Hall–Kier alpha value is -2.02. The number of fused-ring (bicyclic) bond motifs is 1. The van der Waals surface area contributed by atoms with Crippen LogP contribution in [0.5, 0.6) is 0 Å². The van der Waals surface area contributed by atoms with Crippen molar-refractivity contribution in [3.63, 3.8) is 0 Å². The molecule has 0 aliphatic carbocycles. The number of rotatable bonds is 3. The van der Waals surface area contributed by atoms with Gasteiger partial charge in [0.2, 0.25) is 0 Å². The average molecular weight is 281 g/mol. The van der Waals surface area contributed by atoms with Crippen LogP contribution in [0, 0.1) is 0 Å². The molecule has 0 bridgehead atoms. The third-order valence-corrected chi connectivity index (χ3v) is 3.75. The van der Waals surface area contributed by atoms with Gasteiger partial charge in [0.1, 0.15) is 5.82 Å². The van der Waals surface area contributed by atoms with Crippen LogP contribution in [0.15, 0.2) is 40.9 Å². The molecule has 0 radical (unpaired) electrons. The van der Waals surface area contributed by atoms with Gasteiger partial charge in [-0.25, -0.2) is 4.98 Å². The number of hydrogen-bond donors (Lipinski definition) is 0. The molecular weight excluding hydrogens is 272 g/mol. The van der Waals surface area contributed by atoms with Crippen molar-refractivity contribution in [2.75, 3.05) is 0 Å². The van der Waals surface area contributed by atoms with E-state index in [2.05, 4.69) is 4.98 Å². The number of alkyl halides is 2. The minimum absolute atomic E-state index is 0.0297. The highest BCUT2D eigenvalue weighted by Crippen LogP contribution is 2.17. The Balaban J connectivity index is 2.03. The first-order valence-corrected chi connectivity index (χ1v) is 6.41. The van der Waals surface area contributed by atoms with Crippen LogP contribution < -0.4 is 5.56 Å². The second-order valence-corrected chi connectivity index (χ2v) is 4.92. The van der Waals surface area contributed by atoms with Crippen molar-refractivity contribution in [1.29, 1.82) is 0 Å². The van der Waals surface area contributed by atoms with Crippen molar-refractivity contribution in [3.8, 4) is 0 Å². The smallest absolute Gasteiger partial charge is 0.307 e. The summed E-state index contributed by atoms with van der Waals surface area (Å²) in [5, 5.41) is 2.43. The van der Waals surface area contributed by atoms with Crippen LogP contribution in [0.3, 0.4) is 0 Å². The highest BCUT2D eigenvalue weighted by Gasteiger charge is 2.12. The summed E-state index contributed by atoms with van der Waals surface area (Å²) in [5.41, 5.74) is -0.192. The summed E-state index contributed by atoms with van der Waals surface area (Å²) in [4.78, 5) is 16.0. The fraction of sp³-hybridized carbons (Fsp3) is 0.167. The number of imidazole rings is 1. The van der Waals surface area contributed by atoms with Crippen molar-refractivity contribution in [3.05, 3.63) is 52.3 Å². The van der Waals surface area contributed by atoms with Crippen molar-refractivity contribution < 1.29 is 8.78 Å². The summed E-state index contributed by atoms with van der Waals surface area (Å²) in [6.07, 6.45) is 4.11. The maximum absolute atomic E-state index is 12.7. The summed E-state index contributed by atoms with van der Waals surface area (Å²) in [6.45, 7) is -2.62. The van der Waals surface area contributed by atoms with Gasteiger partial charge in [-0.15, -0.1) is 11.3 Å². The Morgan fingerprint density at radius 2 is 2.16 bits per heavy atom. The zero-order chi connectivity index (χ0) is 13.4. The van der Waals surface area contributed by atoms with Crippen LogP contribution in [0.1, 0.15) is 12.4 Å². The van der Waals surface area contributed by atoms with E-state index in [0.29, 0.717) is 5.39 Å². The number of aromatic nitrogens is 3. The van der Waals surface area contributed by atoms with E-state index in [4.69, 9.17) is 0 Å². The summed E-state index contributed by atoms with van der Waals surface area (Å²) in [7, 11) is 0. The Bertz CT molecular complexity index is 774. The molecule has 0 saturated heterocycles. The van der Waals surface area contributed by atoms with Gasteiger partial charge in [-0.2, -0.15) is 8.78 Å². The first-order chi connectivity index (χ1) is 9.16. The Morgan fingerprint density at radius 3 is 2.95 bits per heavy atom. The monoisotopic (exact) mass is 281 g/mol. The molecule has 4 nitrogen and oxygen atoms in total. The molecule has 0 saturated carbocycles. The van der Waals surface area contributed by atoms with Crippen LogP contribution in [0.4, 0.5) is 8.78 Å². The van der Waals surface area contributed by atoms with Gasteiger partial charge < -0.3 is 4.57 Å². The standard InChI is InChI=1S/C12H9F2N3OS/c13-12(14)17-5-3-15-10(17)7-16-4-1-9-8(11(16)18)2-6-19-9/h1-6,12H,7H2. The molecule has 0 atom stereocenters. The van der Waals surface area contributed by atoms with Gasteiger partial charge in [-0.3, -0.25) is 9.36 Å². The van der Waals surface area contributed by atoms with Gasteiger partial charge in [-0.05, 0) is 17.5 Å². The van der Waals surface area contributed by atoms with Crippen LogP contribution >= 0.6 is 11.3 Å². The molecule has 7 heteroatoms. The lowest BCUT2D eigenvalue weighted by atomic mass is 10.3. The molecule has 3 heterocycles. The largest absolute Gasteiger partial charge is 0.319 e. The molecule has 0 N–H and O–H groups in total. The molecule has 0 fully saturated rings. The molecule has 0 amide bonds. The highest BCUT2D eigenvalue weighted by atomic mass is 32.1. The predicted octanol–water partition coefficient (Wildman–Crippen LogP) is 2.70. The van der Waals surface area contributed by atoms with E-state index < -0.39 is 6.55 Å². The lowest BCUT2D eigenvalue weighted by molar-refractivity contribution is 0.0667. The highest BCUT2D eigenvalue weighted by molar-refractivity contribution is 7.17. The topological polar surface area (TPSA) is 39.8 Å². The zero-order valence-electron chi connectivity index (χ0n) is 9.66. The summed E-state index contributed by atoms with van der Waals surface area (Å²) < 4.78 is 28.4. The van der Waals surface area contributed by atoms with Crippen molar-refractivity contribution in [1.82, 2.24) is 14.1 Å². The van der Waals surface area contributed by atoms with Crippen LogP contribution in [-0.2, 0) is 6.54 Å². The second kappa shape index (κ2) is 4.58. The van der Waals surface area contributed by atoms with Crippen LogP contribution in [0.2, 0.25) is 0 Å². The Kier molecular flexibility index (Phi) is 2.90. The summed E-state index contributed by atoms with van der Waals surface area (Å²) in [6, 6.07) is 3.54. The average Bonchev–Trinajstić information content (AvgIpc) is 3.01. The lowest BCUT2D eigenvalue weighted by Crippen LogP contribution is -2.21. The van der Waals surface area contributed by atoms with Gasteiger partial charge in [0.25, 0.3) is 5.56 Å². The Labute approximate surface area is 110 Å². The van der Waals surface area contributed by atoms with Crippen molar-refractivity contribution >= 4 is 21.4 Å². The SMILES string of the molecule is O=c1c2ccsc2ccn1Cc1nccn1C(F)F. The zero-order valence-corrected chi connectivity index (χ0v) is 10.5. The van der Waals surface area contributed by atoms with Gasteiger partial charge >= 0.3 is 6.55 Å². The Morgan fingerprint density at radius 1 is 1.32 bits per heavy atom. The third-order valence-electron chi connectivity index (χ3n) is 2.86. The van der Waals surface area contributed by atoms with E-state index in [1.165, 1.54) is 28.3 Å².